The first-order valence-corrected chi connectivity index (χ1v) is 7.11. The molecule has 1 fully saturated rings. The first-order chi connectivity index (χ1) is 8.09. The second-order valence-electron chi connectivity index (χ2n) is 5.86. The van der Waals surface area contributed by atoms with E-state index in [4.69, 9.17) is 10.6 Å². The van der Waals surface area contributed by atoms with Crippen LogP contribution in [0.3, 0.4) is 0 Å². The van der Waals surface area contributed by atoms with Crippen molar-refractivity contribution < 1.29 is 4.74 Å². The molecular weight excluding hydrogens is 212 g/mol. The molecule has 0 aliphatic heterocycles. The number of ether oxygens (including phenoxy) is 1. The Morgan fingerprint density at radius 3 is 2.41 bits per heavy atom. The lowest BCUT2D eigenvalue weighted by atomic mass is 9.71. The molecule has 0 aromatic heterocycles. The van der Waals surface area contributed by atoms with Gasteiger partial charge in [-0.1, -0.05) is 27.2 Å². The Morgan fingerprint density at radius 2 is 2.00 bits per heavy atom. The summed E-state index contributed by atoms with van der Waals surface area (Å²) in [6, 6.07) is 0.278. The van der Waals surface area contributed by atoms with Crippen molar-refractivity contribution >= 4 is 0 Å². The van der Waals surface area contributed by atoms with Gasteiger partial charge in [-0.25, -0.2) is 0 Å². The molecule has 0 amide bonds. The van der Waals surface area contributed by atoms with Crippen molar-refractivity contribution in [2.45, 2.75) is 70.9 Å². The fourth-order valence-electron chi connectivity index (χ4n) is 3.35. The smallest absolute Gasteiger partial charge is 0.0847 e. The zero-order valence-corrected chi connectivity index (χ0v) is 12.0. The van der Waals surface area contributed by atoms with Crippen molar-refractivity contribution in [2.75, 3.05) is 7.11 Å². The highest BCUT2D eigenvalue weighted by Crippen LogP contribution is 2.39. The number of hydrogen-bond acceptors (Lipinski definition) is 3. The van der Waals surface area contributed by atoms with E-state index in [2.05, 4.69) is 26.2 Å². The minimum absolute atomic E-state index is 0.0458. The van der Waals surface area contributed by atoms with E-state index in [0.29, 0.717) is 5.92 Å². The summed E-state index contributed by atoms with van der Waals surface area (Å²) in [5.74, 6) is 7.20. The van der Waals surface area contributed by atoms with E-state index in [-0.39, 0.29) is 11.6 Å². The maximum Gasteiger partial charge on any atom is 0.0847 e. The van der Waals surface area contributed by atoms with Gasteiger partial charge in [-0.05, 0) is 43.9 Å². The lowest BCUT2D eigenvalue weighted by molar-refractivity contribution is -0.0875. The lowest BCUT2D eigenvalue weighted by Crippen LogP contribution is -2.58. The minimum atomic E-state index is -0.0458. The number of methoxy groups -OCH3 is 1. The van der Waals surface area contributed by atoms with Gasteiger partial charge in [0.25, 0.3) is 0 Å². The molecule has 17 heavy (non-hydrogen) atoms. The van der Waals surface area contributed by atoms with Crippen molar-refractivity contribution in [1.29, 1.82) is 0 Å². The molecule has 0 aromatic rings. The van der Waals surface area contributed by atoms with Crippen LogP contribution >= 0.6 is 0 Å². The lowest BCUT2D eigenvalue weighted by Gasteiger charge is -2.46. The Kier molecular flexibility index (Phi) is 5.90. The van der Waals surface area contributed by atoms with E-state index in [1.54, 1.807) is 0 Å². The summed E-state index contributed by atoms with van der Waals surface area (Å²) in [6.45, 7) is 6.85. The van der Waals surface area contributed by atoms with Gasteiger partial charge in [-0.2, -0.15) is 0 Å². The molecule has 0 heterocycles. The number of hydrazine groups is 1. The van der Waals surface area contributed by atoms with Crippen LogP contribution < -0.4 is 11.3 Å². The molecule has 1 aliphatic rings. The summed E-state index contributed by atoms with van der Waals surface area (Å²) in [5, 5.41) is 0. The van der Waals surface area contributed by atoms with Crippen molar-refractivity contribution in [3.8, 4) is 0 Å². The normalized spacial score (nSPS) is 33.4. The second-order valence-corrected chi connectivity index (χ2v) is 5.86. The first kappa shape index (κ1) is 14.9. The molecule has 1 saturated carbocycles. The molecule has 0 saturated heterocycles. The Hall–Kier alpha value is -0.120. The molecule has 3 nitrogen and oxygen atoms in total. The molecule has 2 atom stereocenters. The van der Waals surface area contributed by atoms with Crippen molar-refractivity contribution in [2.24, 2.45) is 17.7 Å². The van der Waals surface area contributed by atoms with Crippen LogP contribution in [-0.4, -0.2) is 18.8 Å². The predicted octanol–water partition coefficient (Wildman–Crippen LogP) is 2.85. The summed E-state index contributed by atoms with van der Waals surface area (Å²) >= 11 is 0. The summed E-state index contributed by atoms with van der Waals surface area (Å²) in [4.78, 5) is 0. The minimum Gasteiger partial charge on any atom is -0.377 e. The second kappa shape index (κ2) is 6.72. The summed E-state index contributed by atoms with van der Waals surface area (Å²) < 4.78 is 5.91. The van der Waals surface area contributed by atoms with Gasteiger partial charge in [0.05, 0.1) is 11.6 Å². The molecule has 0 bridgehead atoms. The fourth-order valence-corrected chi connectivity index (χ4v) is 3.35. The fraction of sp³-hybridized carbons (Fsp3) is 1.00. The average molecular weight is 242 g/mol. The third-order valence-corrected chi connectivity index (χ3v) is 4.59. The Bertz CT molecular complexity index is 212. The zero-order valence-electron chi connectivity index (χ0n) is 12.0. The van der Waals surface area contributed by atoms with E-state index < -0.39 is 0 Å². The van der Waals surface area contributed by atoms with E-state index in [9.17, 15) is 0 Å². The van der Waals surface area contributed by atoms with Crippen molar-refractivity contribution in [3.63, 3.8) is 0 Å². The average Bonchev–Trinajstić information content (AvgIpc) is 2.33. The van der Waals surface area contributed by atoms with Gasteiger partial charge in [0.2, 0.25) is 0 Å². The Balaban J connectivity index is 2.74. The molecule has 2 unspecified atom stereocenters. The molecule has 3 N–H and O–H groups in total. The predicted molar refractivity (Wildman–Crippen MR) is 72.6 cm³/mol. The maximum atomic E-state index is 5.91. The molecule has 0 spiro atoms. The molecule has 1 aliphatic carbocycles. The SMILES string of the molecule is CCCC(C)C(NN)C1(OC)CCC(C)CC1. The molecule has 0 radical (unpaired) electrons. The molecule has 3 heteroatoms. The summed E-state index contributed by atoms with van der Waals surface area (Å²) in [7, 11) is 1.85. The van der Waals surface area contributed by atoms with Crippen molar-refractivity contribution in [3.05, 3.63) is 0 Å². The van der Waals surface area contributed by atoms with Gasteiger partial charge >= 0.3 is 0 Å². The van der Waals surface area contributed by atoms with Gasteiger partial charge in [0, 0.05) is 7.11 Å². The zero-order chi connectivity index (χ0) is 12.9. The quantitative estimate of drug-likeness (QED) is 0.556. The highest BCUT2D eigenvalue weighted by atomic mass is 16.5. The summed E-state index contributed by atoms with van der Waals surface area (Å²) in [6.07, 6.45) is 7.18. The number of nitrogens with two attached hydrogens (primary N) is 1. The molecular formula is C14H30N2O. The molecule has 102 valence electrons. The van der Waals surface area contributed by atoms with Gasteiger partial charge in [-0.3, -0.25) is 11.3 Å². The highest BCUT2D eigenvalue weighted by molar-refractivity contribution is 4.97. The Labute approximate surface area is 106 Å². The topological polar surface area (TPSA) is 47.3 Å². The number of nitrogens with one attached hydrogen (secondary N) is 1. The van der Waals surface area contributed by atoms with Gasteiger partial charge in [0.15, 0.2) is 0 Å². The van der Waals surface area contributed by atoms with Crippen molar-refractivity contribution in [1.82, 2.24) is 5.43 Å². The van der Waals surface area contributed by atoms with Crippen LogP contribution in [0.4, 0.5) is 0 Å². The standard InChI is InChI=1S/C14H30N2O/c1-5-6-12(3)13(16-15)14(17-4)9-7-11(2)8-10-14/h11-13,16H,5-10,15H2,1-4H3. The van der Waals surface area contributed by atoms with Crippen LogP contribution in [0.25, 0.3) is 0 Å². The Morgan fingerprint density at radius 1 is 1.41 bits per heavy atom. The molecule has 1 rings (SSSR count). The van der Waals surface area contributed by atoms with Crippen LogP contribution in [0.1, 0.15) is 59.3 Å². The van der Waals surface area contributed by atoms with E-state index >= 15 is 0 Å². The van der Waals surface area contributed by atoms with Crippen LogP contribution in [0.5, 0.6) is 0 Å². The van der Waals surface area contributed by atoms with Gasteiger partial charge in [-0.15, -0.1) is 0 Å². The monoisotopic (exact) mass is 242 g/mol. The van der Waals surface area contributed by atoms with Crippen LogP contribution in [-0.2, 0) is 4.74 Å². The number of rotatable bonds is 6. The third-order valence-electron chi connectivity index (χ3n) is 4.59. The maximum absolute atomic E-state index is 5.91. The van der Waals surface area contributed by atoms with E-state index in [1.807, 2.05) is 7.11 Å². The first-order valence-electron chi connectivity index (χ1n) is 7.11. The van der Waals surface area contributed by atoms with E-state index in [1.165, 1.54) is 25.7 Å². The largest absolute Gasteiger partial charge is 0.377 e. The molecule has 0 aromatic carbocycles. The van der Waals surface area contributed by atoms with Crippen LogP contribution in [0.2, 0.25) is 0 Å². The highest BCUT2D eigenvalue weighted by Gasteiger charge is 2.43. The number of hydrogen-bond donors (Lipinski definition) is 2. The van der Waals surface area contributed by atoms with E-state index in [0.717, 1.165) is 18.8 Å². The summed E-state index contributed by atoms with van der Waals surface area (Å²) in [5.41, 5.74) is 2.99. The van der Waals surface area contributed by atoms with Gasteiger partial charge in [0.1, 0.15) is 0 Å². The van der Waals surface area contributed by atoms with Crippen LogP contribution in [0.15, 0.2) is 0 Å². The van der Waals surface area contributed by atoms with Crippen LogP contribution in [0, 0.1) is 11.8 Å². The third kappa shape index (κ3) is 3.43. The van der Waals surface area contributed by atoms with Gasteiger partial charge < -0.3 is 4.74 Å².